The van der Waals surface area contributed by atoms with Gasteiger partial charge >= 0.3 is 0 Å². The summed E-state index contributed by atoms with van der Waals surface area (Å²) in [5.74, 6) is 2.72. The zero-order chi connectivity index (χ0) is 14.5. The van der Waals surface area contributed by atoms with E-state index in [-0.39, 0.29) is 0 Å². The molecule has 2 rings (SSSR count). The fourth-order valence-corrected chi connectivity index (χ4v) is 2.55. The first kappa shape index (κ1) is 15.1. The van der Waals surface area contributed by atoms with E-state index in [0.717, 1.165) is 40.4 Å². The van der Waals surface area contributed by atoms with Crippen LogP contribution < -0.4 is 10.1 Å². The molecule has 0 fully saturated rings. The van der Waals surface area contributed by atoms with E-state index < -0.39 is 0 Å². The number of nitrogens with one attached hydrogen (secondary N) is 1. The third-order valence-corrected chi connectivity index (χ3v) is 3.71. The lowest BCUT2D eigenvalue weighted by atomic mass is 10.2. The molecular weight excluding hydrogens is 318 g/mol. The van der Waals surface area contributed by atoms with Crippen LogP contribution in [0, 0.1) is 13.8 Å². The van der Waals surface area contributed by atoms with Crippen LogP contribution in [-0.2, 0) is 13.2 Å². The number of halogens is 1. The van der Waals surface area contributed by atoms with Crippen LogP contribution in [0.1, 0.15) is 29.6 Å². The number of hydrogen-bond donors (Lipinski definition) is 1. The highest BCUT2D eigenvalue weighted by Crippen LogP contribution is 2.27. The minimum atomic E-state index is 0.517. The van der Waals surface area contributed by atoms with Crippen LogP contribution in [0.25, 0.3) is 0 Å². The van der Waals surface area contributed by atoms with Crippen LogP contribution in [0.15, 0.2) is 33.2 Å². The van der Waals surface area contributed by atoms with Gasteiger partial charge in [-0.3, -0.25) is 0 Å². The molecule has 0 radical (unpaired) electrons. The van der Waals surface area contributed by atoms with Gasteiger partial charge in [-0.2, -0.15) is 0 Å². The normalized spacial score (nSPS) is 10.8. The molecule has 0 atom stereocenters. The number of furan rings is 1. The first-order valence-electron chi connectivity index (χ1n) is 6.78. The molecule has 0 aliphatic rings. The van der Waals surface area contributed by atoms with Crippen molar-refractivity contribution < 1.29 is 9.15 Å². The van der Waals surface area contributed by atoms with Gasteiger partial charge in [0.2, 0.25) is 0 Å². The Hall–Kier alpha value is -1.26. The Bertz CT molecular complexity index is 578. The largest absolute Gasteiger partial charge is 0.488 e. The molecule has 108 valence electrons. The standard InChI is InChI=1S/C16H20BrNO2/c1-4-18-9-14-8-13(12(3)20-14)10-19-16-6-5-11(2)7-15(16)17/h5-8,18H,4,9-10H2,1-3H3. The van der Waals surface area contributed by atoms with E-state index in [9.17, 15) is 0 Å². The van der Waals surface area contributed by atoms with Gasteiger partial charge < -0.3 is 14.5 Å². The minimum Gasteiger partial charge on any atom is -0.488 e. The average Bonchev–Trinajstić information content (AvgIpc) is 2.76. The van der Waals surface area contributed by atoms with Crippen molar-refractivity contribution in [3.05, 3.63) is 51.4 Å². The van der Waals surface area contributed by atoms with Crippen molar-refractivity contribution in [2.45, 2.75) is 33.9 Å². The Morgan fingerprint density at radius 1 is 1.25 bits per heavy atom. The molecule has 1 aromatic heterocycles. The second-order valence-corrected chi connectivity index (χ2v) is 5.65. The van der Waals surface area contributed by atoms with E-state index in [1.807, 2.05) is 25.1 Å². The summed E-state index contributed by atoms with van der Waals surface area (Å²) in [5.41, 5.74) is 2.29. The zero-order valence-corrected chi connectivity index (χ0v) is 13.7. The van der Waals surface area contributed by atoms with Crippen LogP contribution in [0.4, 0.5) is 0 Å². The smallest absolute Gasteiger partial charge is 0.134 e. The molecule has 2 aromatic rings. The summed E-state index contributed by atoms with van der Waals surface area (Å²) in [7, 11) is 0. The monoisotopic (exact) mass is 337 g/mol. The van der Waals surface area contributed by atoms with E-state index >= 15 is 0 Å². The summed E-state index contributed by atoms with van der Waals surface area (Å²) in [5, 5.41) is 3.25. The van der Waals surface area contributed by atoms with Crippen molar-refractivity contribution in [1.82, 2.24) is 5.32 Å². The highest BCUT2D eigenvalue weighted by molar-refractivity contribution is 9.10. The van der Waals surface area contributed by atoms with E-state index in [4.69, 9.17) is 9.15 Å². The highest BCUT2D eigenvalue weighted by atomic mass is 79.9. The van der Waals surface area contributed by atoms with Crippen LogP contribution in [0.3, 0.4) is 0 Å². The van der Waals surface area contributed by atoms with Gasteiger partial charge in [0.05, 0.1) is 11.0 Å². The van der Waals surface area contributed by atoms with Gasteiger partial charge in [0, 0.05) is 5.56 Å². The van der Waals surface area contributed by atoms with Gasteiger partial charge in [-0.05, 0) is 60.1 Å². The van der Waals surface area contributed by atoms with Gasteiger partial charge in [0.15, 0.2) is 0 Å². The van der Waals surface area contributed by atoms with Crippen LogP contribution in [-0.4, -0.2) is 6.54 Å². The maximum Gasteiger partial charge on any atom is 0.134 e. The minimum absolute atomic E-state index is 0.517. The third-order valence-electron chi connectivity index (χ3n) is 3.09. The van der Waals surface area contributed by atoms with Crippen molar-refractivity contribution in [3.8, 4) is 5.75 Å². The molecule has 0 spiro atoms. The van der Waals surface area contributed by atoms with Crippen LogP contribution >= 0.6 is 15.9 Å². The van der Waals surface area contributed by atoms with E-state index in [2.05, 4.69) is 41.2 Å². The molecule has 20 heavy (non-hydrogen) atoms. The molecule has 3 nitrogen and oxygen atoms in total. The fourth-order valence-electron chi connectivity index (χ4n) is 1.94. The molecule has 4 heteroatoms. The molecule has 0 saturated carbocycles. The van der Waals surface area contributed by atoms with Gasteiger partial charge in [-0.25, -0.2) is 0 Å². The molecule has 0 saturated heterocycles. The maximum atomic E-state index is 5.85. The summed E-state index contributed by atoms with van der Waals surface area (Å²) >= 11 is 3.52. The van der Waals surface area contributed by atoms with Crippen molar-refractivity contribution in [1.29, 1.82) is 0 Å². The second-order valence-electron chi connectivity index (χ2n) is 4.80. The molecule has 1 heterocycles. The van der Waals surface area contributed by atoms with Crippen molar-refractivity contribution in [3.63, 3.8) is 0 Å². The van der Waals surface area contributed by atoms with E-state index in [0.29, 0.717) is 6.61 Å². The average molecular weight is 338 g/mol. The topological polar surface area (TPSA) is 34.4 Å². The molecule has 0 aliphatic heterocycles. The second kappa shape index (κ2) is 6.95. The van der Waals surface area contributed by atoms with Crippen LogP contribution in [0.2, 0.25) is 0 Å². The van der Waals surface area contributed by atoms with Crippen LogP contribution in [0.5, 0.6) is 5.75 Å². The van der Waals surface area contributed by atoms with Gasteiger partial charge in [-0.1, -0.05) is 13.0 Å². The lowest BCUT2D eigenvalue weighted by Crippen LogP contribution is -2.10. The predicted molar refractivity (Wildman–Crippen MR) is 84.0 cm³/mol. The Balaban J connectivity index is 2.01. The Morgan fingerprint density at radius 3 is 2.75 bits per heavy atom. The molecule has 1 N–H and O–H groups in total. The first-order valence-corrected chi connectivity index (χ1v) is 7.57. The molecule has 0 unspecified atom stereocenters. The third kappa shape index (κ3) is 3.87. The summed E-state index contributed by atoms with van der Waals surface area (Å²) in [6.07, 6.45) is 0. The summed E-state index contributed by atoms with van der Waals surface area (Å²) in [6.45, 7) is 8.31. The lowest BCUT2D eigenvalue weighted by Gasteiger charge is -2.08. The summed E-state index contributed by atoms with van der Waals surface area (Å²) in [6, 6.07) is 8.13. The number of aryl methyl sites for hydroxylation is 2. The van der Waals surface area contributed by atoms with Crippen molar-refractivity contribution in [2.24, 2.45) is 0 Å². The quantitative estimate of drug-likeness (QED) is 0.850. The molecule has 0 bridgehead atoms. The number of rotatable bonds is 6. The number of benzene rings is 1. The molecule has 1 aromatic carbocycles. The van der Waals surface area contributed by atoms with E-state index in [1.165, 1.54) is 5.56 Å². The van der Waals surface area contributed by atoms with Crippen molar-refractivity contribution >= 4 is 15.9 Å². The van der Waals surface area contributed by atoms with Gasteiger partial charge in [0.25, 0.3) is 0 Å². The SMILES string of the molecule is CCNCc1cc(COc2ccc(C)cc2Br)c(C)o1. The maximum absolute atomic E-state index is 5.85. The van der Waals surface area contributed by atoms with E-state index in [1.54, 1.807) is 0 Å². The fraction of sp³-hybridized carbons (Fsp3) is 0.375. The molecular formula is C16H20BrNO2. The molecule has 0 amide bonds. The summed E-state index contributed by atoms with van der Waals surface area (Å²) < 4.78 is 12.5. The Labute approximate surface area is 128 Å². The Kier molecular flexibility index (Phi) is 5.26. The zero-order valence-electron chi connectivity index (χ0n) is 12.1. The summed E-state index contributed by atoms with van der Waals surface area (Å²) in [4.78, 5) is 0. The van der Waals surface area contributed by atoms with Crippen molar-refractivity contribution in [2.75, 3.05) is 6.54 Å². The number of hydrogen-bond acceptors (Lipinski definition) is 3. The molecule has 0 aliphatic carbocycles. The predicted octanol–water partition coefficient (Wildman–Crippen LogP) is 4.35. The van der Waals surface area contributed by atoms with Gasteiger partial charge in [0.1, 0.15) is 23.9 Å². The highest BCUT2D eigenvalue weighted by Gasteiger charge is 2.09. The number of ether oxygens (including phenoxy) is 1. The lowest BCUT2D eigenvalue weighted by molar-refractivity contribution is 0.301. The Morgan fingerprint density at radius 2 is 2.05 bits per heavy atom. The first-order chi connectivity index (χ1) is 9.60. The van der Waals surface area contributed by atoms with Gasteiger partial charge in [-0.15, -0.1) is 0 Å².